The van der Waals surface area contributed by atoms with E-state index in [1.807, 2.05) is 0 Å². The fourth-order valence-corrected chi connectivity index (χ4v) is 0. The normalized spacial score (nSPS) is 0. The zero-order chi connectivity index (χ0) is 0. The maximum atomic E-state index is 0. The minimum Gasteiger partial charge on any atom is -2.00 e. The van der Waals surface area contributed by atoms with E-state index in [1.165, 1.54) is 0 Å². The van der Waals surface area contributed by atoms with Crippen molar-refractivity contribution in [2.45, 2.75) is 0 Å². The summed E-state index contributed by atoms with van der Waals surface area (Å²) in [6.45, 7) is 0. The second-order valence-electron chi connectivity index (χ2n) is 0. The first-order chi connectivity index (χ1) is 0. The molecule has 0 saturated carbocycles. The van der Waals surface area contributed by atoms with Gasteiger partial charge in [-0.1, -0.05) is 0 Å². The van der Waals surface area contributed by atoms with Crippen LogP contribution < -0.4 is 0 Å². The van der Waals surface area contributed by atoms with Gasteiger partial charge in [0.2, 0.25) is 0 Å². The summed E-state index contributed by atoms with van der Waals surface area (Å²) in [7, 11) is 0. The molecule has 0 aromatic rings. The average molecular weight is 248 g/mol. The van der Waals surface area contributed by atoms with Gasteiger partial charge in [0.25, 0.3) is 0 Å². The summed E-state index contributed by atoms with van der Waals surface area (Å²) in [5.74, 6) is 0. The Morgan fingerprint density at radius 3 is 0.429 bits per heavy atom. The molecule has 7 heavy (non-hydrogen) atoms. The van der Waals surface area contributed by atoms with Gasteiger partial charge < -0.3 is 16.4 Å². The number of hydrogen-bond acceptors (Lipinski definition) is 0. The monoisotopic (exact) mass is 248 g/mol. The molecule has 7 heteroatoms. The molecule has 0 amide bonds. The summed E-state index contributed by atoms with van der Waals surface area (Å²) in [6.07, 6.45) is 0. The summed E-state index contributed by atoms with van der Waals surface area (Å²) < 4.78 is 0. The molecule has 0 N–H and O–H groups in total. The molecule has 0 aliphatic carbocycles. The third-order valence-electron chi connectivity index (χ3n) is 0. The van der Waals surface area contributed by atoms with Crippen molar-refractivity contribution in [2.24, 2.45) is 0 Å². The zero-order valence-corrected chi connectivity index (χ0v) is 8.71. The number of hydrogen-bond donors (Lipinski definition) is 0. The zero-order valence-electron chi connectivity index (χ0n) is 3.04. The number of rotatable bonds is 0. The van der Waals surface area contributed by atoms with E-state index in [0.717, 1.165) is 0 Å². The Hall–Kier alpha value is 2.37. The van der Waals surface area contributed by atoms with E-state index >= 15 is 0 Å². The molecule has 0 fully saturated rings. The molecule has 0 aromatic heterocycles. The average Bonchev–Trinajstić information content (AvgIpc) is 0. The Bertz CT molecular complexity index is 10.9. The molecule has 0 rings (SSSR count). The van der Waals surface area contributed by atoms with Gasteiger partial charge in [-0.15, -0.1) is 0 Å². The summed E-state index contributed by atoms with van der Waals surface area (Å²) in [5.41, 5.74) is 0. The van der Waals surface area contributed by atoms with Gasteiger partial charge in [0.05, 0.1) is 0 Å². The van der Waals surface area contributed by atoms with Crippen LogP contribution in [0.4, 0.5) is 0 Å². The summed E-state index contributed by atoms with van der Waals surface area (Å²) >= 11 is 0. The van der Waals surface area contributed by atoms with E-state index in [2.05, 4.69) is 0 Å². The first-order valence-electron chi connectivity index (χ1n) is 0. The Morgan fingerprint density at radius 1 is 0.429 bits per heavy atom. The van der Waals surface area contributed by atoms with E-state index in [4.69, 9.17) is 0 Å². The first-order valence-corrected chi connectivity index (χ1v) is 0. The Kier molecular flexibility index (Phi) is 1350. The van der Waals surface area contributed by atoms with Crippen LogP contribution in [0.25, 0.3) is 0 Å². The van der Waals surface area contributed by atoms with Crippen LogP contribution in [-0.2, 0) is 94.6 Å². The van der Waals surface area contributed by atoms with Crippen LogP contribution in [-0.4, -0.2) is 0 Å². The molecule has 0 atom stereocenters. The molecule has 3 nitrogen and oxygen atoms in total. The predicted octanol–water partition coefficient (Wildman–Crippen LogP) is -0.366. The summed E-state index contributed by atoms with van der Waals surface area (Å²) in [4.78, 5) is 0. The predicted molar refractivity (Wildman–Crippen MR) is 2.06 cm³/mol. The quantitative estimate of drug-likeness (QED) is 0.524. The van der Waals surface area contributed by atoms with E-state index in [0.29, 0.717) is 0 Å². The molecule has 0 aliphatic heterocycles. The third-order valence-corrected chi connectivity index (χ3v) is 0. The van der Waals surface area contributed by atoms with Gasteiger partial charge >= 0.3 is 34.7 Å². The van der Waals surface area contributed by atoms with Crippen LogP contribution >= 0.6 is 0 Å². The Labute approximate surface area is 93.6 Å². The summed E-state index contributed by atoms with van der Waals surface area (Å²) in [6, 6.07) is 0. The largest absolute Gasteiger partial charge is 3.00 e. The van der Waals surface area contributed by atoms with Gasteiger partial charge in [-0.3, -0.25) is 0 Å². The minimum absolute atomic E-state index is 0. The molecule has 0 heterocycles. The summed E-state index contributed by atoms with van der Waals surface area (Å²) in [5, 5.41) is 0. The van der Waals surface area contributed by atoms with Crippen molar-refractivity contribution in [3.63, 3.8) is 0 Å². The fraction of sp³-hybridized carbons (Fsp3) is 0. The standard InChI is InChI=1S/2Cr.3O.2Ti/q2*+3;3*-2;;. The van der Waals surface area contributed by atoms with E-state index in [9.17, 15) is 0 Å². The van der Waals surface area contributed by atoms with Gasteiger partial charge in [0.15, 0.2) is 0 Å². The maximum absolute atomic E-state index is 0. The Balaban J connectivity index is 0. The van der Waals surface area contributed by atoms with Crippen molar-refractivity contribution in [1.29, 1.82) is 0 Å². The van der Waals surface area contributed by atoms with Crippen LogP contribution in [0.2, 0.25) is 0 Å². The second kappa shape index (κ2) is 80.8. The van der Waals surface area contributed by atoms with Crippen molar-refractivity contribution in [3.05, 3.63) is 0 Å². The van der Waals surface area contributed by atoms with Crippen LogP contribution in [0.5, 0.6) is 0 Å². The van der Waals surface area contributed by atoms with Crippen molar-refractivity contribution in [3.8, 4) is 0 Å². The van der Waals surface area contributed by atoms with Crippen molar-refractivity contribution < 1.29 is 94.6 Å². The van der Waals surface area contributed by atoms with Crippen LogP contribution in [0, 0.1) is 0 Å². The van der Waals surface area contributed by atoms with Crippen molar-refractivity contribution in [2.75, 3.05) is 0 Å². The third kappa shape index (κ3) is 60.4. The molecule has 2 radical (unpaired) electrons. The second-order valence-corrected chi connectivity index (χ2v) is 0. The van der Waals surface area contributed by atoms with E-state index in [-0.39, 0.29) is 94.6 Å². The van der Waals surface area contributed by atoms with Gasteiger partial charge in [-0.05, 0) is 0 Å². The van der Waals surface area contributed by atoms with Gasteiger partial charge in [0, 0.05) is 43.4 Å². The topological polar surface area (TPSA) is 85.5 Å². The minimum atomic E-state index is 0. The molecule has 0 bridgehead atoms. The molecule has 0 spiro atoms. The van der Waals surface area contributed by atoms with Crippen molar-refractivity contribution >= 4 is 0 Å². The van der Waals surface area contributed by atoms with Crippen LogP contribution in [0.15, 0.2) is 0 Å². The van der Waals surface area contributed by atoms with E-state index in [1.54, 1.807) is 0 Å². The molecule has 0 unspecified atom stereocenters. The molecule has 0 aliphatic rings. The smallest absolute Gasteiger partial charge is 2.00 e. The van der Waals surface area contributed by atoms with Crippen molar-refractivity contribution in [1.82, 2.24) is 0 Å². The van der Waals surface area contributed by atoms with Gasteiger partial charge in [-0.25, -0.2) is 0 Å². The maximum Gasteiger partial charge on any atom is 3.00 e. The van der Waals surface area contributed by atoms with Crippen LogP contribution in [0.1, 0.15) is 0 Å². The first kappa shape index (κ1) is 117. The molecular formula is Cr2O3Ti2. The SMILES string of the molecule is [Cr+3].[Cr+3].[O-2].[O-2].[O-2].[Ti].[Ti]. The molecule has 0 saturated heterocycles. The van der Waals surface area contributed by atoms with E-state index < -0.39 is 0 Å². The Morgan fingerprint density at radius 2 is 0.429 bits per heavy atom. The fourth-order valence-electron chi connectivity index (χ4n) is 0. The van der Waals surface area contributed by atoms with Gasteiger partial charge in [0.1, 0.15) is 0 Å². The van der Waals surface area contributed by atoms with Crippen LogP contribution in [0.3, 0.4) is 0 Å². The molecular weight excluding hydrogens is 248 g/mol. The molecule has 38 valence electrons. The molecule has 0 aromatic carbocycles. The van der Waals surface area contributed by atoms with Gasteiger partial charge in [-0.2, -0.15) is 0 Å².